The van der Waals surface area contributed by atoms with Crippen LogP contribution in [0, 0.1) is 5.82 Å². The first-order chi connectivity index (χ1) is 14.1. The lowest BCUT2D eigenvalue weighted by atomic mass is 9.91. The Bertz CT molecular complexity index is 1100. The molecule has 1 unspecified atom stereocenters. The first-order valence-corrected chi connectivity index (χ1v) is 12.7. The fourth-order valence-corrected chi connectivity index (χ4v) is 7.36. The van der Waals surface area contributed by atoms with E-state index >= 15 is 0 Å². The van der Waals surface area contributed by atoms with Gasteiger partial charge in [-0.05, 0) is 104 Å². The summed E-state index contributed by atoms with van der Waals surface area (Å²) in [4.78, 5) is 12.9. The second-order valence-electron chi connectivity index (χ2n) is 8.52. The van der Waals surface area contributed by atoms with Crippen LogP contribution in [0.2, 0.25) is 0 Å². The summed E-state index contributed by atoms with van der Waals surface area (Å²) >= 11 is 1.20. The summed E-state index contributed by atoms with van der Waals surface area (Å²) in [7, 11) is -1.63. The zero-order valence-electron chi connectivity index (χ0n) is 17.5. The third-order valence-electron chi connectivity index (χ3n) is 6.08. The van der Waals surface area contributed by atoms with Gasteiger partial charge < -0.3 is 5.11 Å². The number of benzene rings is 1. The highest BCUT2D eigenvalue weighted by atomic mass is 32.2. The lowest BCUT2D eigenvalue weighted by molar-refractivity contribution is -0.117. The molecule has 0 radical (unpaired) electrons. The summed E-state index contributed by atoms with van der Waals surface area (Å²) in [6, 6.07) is 1.63. The molecule has 1 aromatic heterocycles. The Morgan fingerprint density at radius 1 is 1.20 bits per heavy atom. The number of amides is 1. The van der Waals surface area contributed by atoms with Gasteiger partial charge in [0.25, 0.3) is 5.91 Å². The van der Waals surface area contributed by atoms with E-state index < -0.39 is 21.4 Å². The highest BCUT2D eigenvalue weighted by Crippen LogP contribution is 2.38. The molecule has 1 heterocycles. The standard InChI is InChI=1S/C22H27FN2O3S2/c1-22(2,27)13-10-20(29-12-13)30(28,24-3)25-19(26)11-18-14-6-4-8-16(14)21(23)17-9-5-7-15(17)18/h10,12,27H,4-9,11H2,1-3H3,(H,24,25,26,28). The van der Waals surface area contributed by atoms with Gasteiger partial charge in [0.1, 0.15) is 10.0 Å². The monoisotopic (exact) mass is 450 g/mol. The van der Waals surface area contributed by atoms with Crippen molar-refractivity contribution >= 4 is 27.2 Å². The van der Waals surface area contributed by atoms with Crippen molar-refractivity contribution in [2.45, 2.75) is 68.6 Å². The molecule has 0 aliphatic heterocycles. The van der Waals surface area contributed by atoms with Gasteiger partial charge in [0, 0.05) is 0 Å². The number of hydrogen-bond acceptors (Lipinski definition) is 4. The zero-order valence-corrected chi connectivity index (χ0v) is 19.1. The van der Waals surface area contributed by atoms with E-state index in [0.717, 1.165) is 66.3 Å². The molecule has 1 aromatic carbocycles. The van der Waals surface area contributed by atoms with Crippen molar-refractivity contribution in [3.05, 3.63) is 50.6 Å². The number of halogens is 1. The number of thiophene rings is 1. The summed E-state index contributed by atoms with van der Waals surface area (Å²) in [6.07, 6.45) is 4.84. The predicted octanol–water partition coefficient (Wildman–Crippen LogP) is 3.82. The van der Waals surface area contributed by atoms with Gasteiger partial charge in [-0.15, -0.1) is 15.7 Å². The van der Waals surface area contributed by atoms with Crippen LogP contribution in [-0.4, -0.2) is 22.3 Å². The Morgan fingerprint density at radius 3 is 2.27 bits per heavy atom. The van der Waals surface area contributed by atoms with Gasteiger partial charge in [0.15, 0.2) is 9.92 Å². The number of aliphatic hydroxyl groups is 1. The molecule has 4 rings (SSSR count). The van der Waals surface area contributed by atoms with Gasteiger partial charge in [-0.1, -0.05) is 0 Å². The molecule has 1 atom stereocenters. The van der Waals surface area contributed by atoms with Crippen LogP contribution in [0.15, 0.2) is 20.0 Å². The predicted molar refractivity (Wildman–Crippen MR) is 117 cm³/mol. The molecule has 0 spiro atoms. The first kappa shape index (κ1) is 21.6. The van der Waals surface area contributed by atoms with Crippen molar-refractivity contribution < 1.29 is 18.5 Å². The van der Waals surface area contributed by atoms with Crippen LogP contribution in [0.3, 0.4) is 0 Å². The van der Waals surface area contributed by atoms with Crippen LogP contribution < -0.4 is 4.72 Å². The quantitative estimate of drug-likeness (QED) is 0.727. The number of carbonyl (C=O) groups is 1. The summed E-state index contributed by atoms with van der Waals surface area (Å²) in [5.41, 5.74) is 3.93. The number of rotatable bonds is 5. The molecule has 0 saturated heterocycles. The van der Waals surface area contributed by atoms with Crippen molar-refractivity contribution in [2.75, 3.05) is 7.05 Å². The molecule has 1 amide bonds. The molecule has 162 valence electrons. The Morgan fingerprint density at radius 2 is 1.77 bits per heavy atom. The highest BCUT2D eigenvalue weighted by Gasteiger charge is 2.30. The van der Waals surface area contributed by atoms with E-state index in [1.807, 2.05) is 0 Å². The molecule has 0 saturated carbocycles. The SMILES string of the molecule is CNS(=O)(=NC(=O)Cc1c2c(c(F)c3c1CCC3)CCC2)c1cc(C(C)(C)O)cs1. The van der Waals surface area contributed by atoms with Gasteiger partial charge in [-0.25, -0.2) is 13.3 Å². The van der Waals surface area contributed by atoms with Gasteiger partial charge in [-0.2, -0.15) is 0 Å². The fourth-order valence-electron chi connectivity index (χ4n) is 4.52. The minimum Gasteiger partial charge on any atom is -0.386 e. The Kier molecular flexibility index (Phi) is 5.63. The largest absolute Gasteiger partial charge is 0.386 e. The van der Waals surface area contributed by atoms with Crippen molar-refractivity contribution in [1.29, 1.82) is 0 Å². The van der Waals surface area contributed by atoms with Crippen LogP contribution >= 0.6 is 11.3 Å². The maximum atomic E-state index is 14.9. The minimum absolute atomic E-state index is 0.0490. The number of nitrogens with one attached hydrogen (secondary N) is 1. The average Bonchev–Trinajstić information content (AvgIpc) is 3.44. The molecular formula is C22H27FN2O3S2. The van der Waals surface area contributed by atoms with Gasteiger partial charge >= 0.3 is 0 Å². The second kappa shape index (κ2) is 7.82. The van der Waals surface area contributed by atoms with Crippen LogP contribution in [0.1, 0.15) is 60.1 Å². The highest BCUT2D eigenvalue weighted by molar-refractivity contribution is 7.94. The van der Waals surface area contributed by atoms with Crippen LogP contribution in [0.4, 0.5) is 4.39 Å². The Hall–Kier alpha value is -1.61. The topological polar surface area (TPSA) is 78.8 Å². The molecule has 0 bridgehead atoms. The molecule has 2 aromatic rings. The lowest BCUT2D eigenvalue weighted by Crippen LogP contribution is -2.21. The first-order valence-electron chi connectivity index (χ1n) is 10.3. The average molecular weight is 451 g/mol. The summed E-state index contributed by atoms with van der Waals surface area (Å²) in [6.45, 7) is 3.30. The second-order valence-corrected chi connectivity index (χ2v) is 11.8. The van der Waals surface area contributed by atoms with Crippen molar-refractivity contribution in [1.82, 2.24) is 4.72 Å². The van der Waals surface area contributed by atoms with E-state index in [1.54, 1.807) is 25.3 Å². The maximum Gasteiger partial charge on any atom is 0.259 e. The lowest BCUT2D eigenvalue weighted by Gasteiger charge is -2.16. The number of carbonyl (C=O) groups excluding carboxylic acids is 1. The summed E-state index contributed by atoms with van der Waals surface area (Å²) in [5.74, 6) is -0.540. The molecular weight excluding hydrogens is 423 g/mol. The van der Waals surface area contributed by atoms with E-state index in [0.29, 0.717) is 9.77 Å². The van der Waals surface area contributed by atoms with Crippen LogP contribution in [0.25, 0.3) is 0 Å². The molecule has 2 aliphatic rings. The zero-order chi connectivity index (χ0) is 21.7. The van der Waals surface area contributed by atoms with E-state index in [1.165, 1.54) is 18.4 Å². The molecule has 2 aliphatic carbocycles. The van der Waals surface area contributed by atoms with E-state index in [4.69, 9.17) is 0 Å². The Labute approximate surface area is 181 Å². The fraction of sp³-hybridized carbons (Fsp3) is 0.500. The minimum atomic E-state index is -3.14. The van der Waals surface area contributed by atoms with Gasteiger partial charge in [-0.3, -0.25) is 4.79 Å². The normalized spacial score (nSPS) is 17.5. The van der Waals surface area contributed by atoms with Gasteiger partial charge in [0.05, 0.1) is 12.0 Å². The number of hydrogen-bond donors (Lipinski definition) is 2. The molecule has 8 heteroatoms. The van der Waals surface area contributed by atoms with E-state index in [-0.39, 0.29) is 12.2 Å². The third kappa shape index (κ3) is 3.75. The van der Waals surface area contributed by atoms with Crippen LogP contribution in [0.5, 0.6) is 0 Å². The van der Waals surface area contributed by atoms with Crippen molar-refractivity contribution in [3.8, 4) is 0 Å². The molecule has 30 heavy (non-hydrogen) atoms. The van der Waals surface area contributed by atoms with E-state index in [2.05, 4.69) is 9.08 Å². The van der Waals surface area contributed by atoms with Crippen molar-refractivity contribution in [2.24, 2.45) is 4.36 Å². The summed E-state index contributed by atoms with van der Waals surface area (Å²) in [5, 5.41) is 11.9. The van der Waals surface area contributed by atoms with Gasteiger partial charge in [0.2, 0.25) is 0 Å². The molecule has 0 fully saturated rings. The third-order valence-corrected chi connectivity index (χ3v) is 9.45. The van der Waals surface area contributed by atoms with E-state index in [9.17, 15) is 18.5 Å². The number of nitrogens with zero attached hydrogens (tertiary/aromatic N) is 1. The summed E-state index contributed by atoms with van der Waals surface area (Å²) < 4.78 is 35.4. The van der Waals surface area contributed by atoms with Crippen molar-refractivity contribution in [3.63, 3.8) is 0 Å². The number of fused-ring (bicyclic) bond motifs is 2. The smallest absolute Gasteiger partial charge is 0.259 e. The molecule has 2 N–H and O–H groups in total. The molecule has 5 nitrogen and oxygen atoms in total. The van der Waals surface area contributed by atoms with Crippen LogP contribution in [-0.2, 0) is 52.4 Å². The maximum absolute atomic E-state index is 14.9. The Balaban J connectivity index is 1.70.